The molecule has 0 heterocycles. The first-order valence-corrected chi connectivity index (χ1v) is 8.50. The second-order valence-electron chi connectivity index (χ2n) is 5.56. The van der Waals surface area contributed by atoms with E-state index in [4.69, 9.17) is 4.74 Å². The number of hydrogen-bond acceptors (Lipinski definition) is 4. The first kappa shape index (κ1) is 13.8. The predicted octanol–water partition coefficient (Wildman–Crippen LogP) is 1.79. The van der Waals surface area contributed by atoms with E-state index in [0.717, 1.165) is 19.3 Å². The average molecular weight is 274 g/mol. The summed E-state index contributed by atoms with van der Waals surface area (Å²) >= 11 is 0. The molecule has 0 spiro atoms. The summed E-state index contributed by atoms with van der Waals surface area (Å²) in [7, 11) is -1.58. The molecule has 2 aliphatic rings. The van der Waals surface area contributed by atoms with Crippen LogP contribution in [0.15, 0.2) is 0 Å². The van der Waals surface area contributed by atoms with Crippen molar-refractivity contribution in [1.29, 1.82) is 0 Å². The Morgan fingerprint density at radius 3 is 2.22 bits per heavy atom. The van der Waals surface area contributed by atoms with Crippen LogP contribution in [0.4, 0.5) is 0 Å². The van der Waals surface area contributed by atoms with Crippen molar-refractivity contribution in [1.82, 2.24) is 0 Å². The molecule has 0 amide bonds. The Morgan fingerprint density at radius 2 is 1.78 bits per heavy atom. The van der Waals surface area contributed by atoms with Gasteiger partial charge >= 0.3 is 5.97 Å². The Bertz CT molecular complexity index is 401. The minimum absolute atomic E-state index is 0.0893. The van der Waals surface area contributed by atoms with E-state index in [1.165, 1.54) is 7.11 Å². The highest BCUT2D eigenvalue weighted by Gasteiger charge is 2.47. The SMILES string of the molecule is CCS(=O)(=O)C1C2CCCC1CC(C(=O)OC)C2. The largest absolute Gasteiger partial charge is 0.469 e. The summed E-state index contributed by atoms with van der Waals surface area (Å²) in [6.07, 6.45) is 4.35. The van der Waals surface area contributed by atoms with E-state index in [0.29, 0.717) is 12.8 Å². The highest BCUT2D eigenvalue weighted by atomic mass is 32.2. The normalized spacial score (nSPS) is 36.1. The van der Waals surface area contributed by atoms with Gasteiger partial charge in [0.05, 0.1) is 18.3 Å². The van der Waals surface area contributed by atoms with Gasteiger partial charge in [-0.25, -0.2) is 8.42 Å². The van der Waals surface area contributed by atoms with E-state index in [1.807, 2.05) is 0 Å². The Morgan fingerprint density at radius 1 is 1.22 bits per heavy atom. The van der Waals surface area contributed by atoms with Crippen molar-refractivity contribution in [3.8, 4) is 0 Å². The molecule has 104 valence electrons. The summed E-state index contributed by atoms with van der Waals surface area (Å²) in [4.78, 5) is 11.7. The number of rotatable bonds is 3. The molecule has 0 aromatic rings. The van der Waals surface area contributed by atoms with Crippen molar-refractivity contribution in [2.24, 2.45) is 17.8 Å². The molecule has 2 atom stereocenters. The Balaban J connectivity index is 2.21. The van der Waals surface area contributed by atoms with Crippen LogP contribution in [-0.4, -0.2) is 32.5 Å². The molecular formula is C13H22O4S. The molecule has 2 unspecified atom stereocenters. The molecular weight excluding hydrogens is 252 g/mol. The Hall–Kier alpha value is -0.580. The topological polar surface area (TPSA) is 60.4 Å². The van der Waals surface area contributed by atoms with Crippen molar-refractivity contribution in [2.45, 2.75) is 44.3 Å². The summed E-state index contributed by atoms with van der Waals surface area (Å²) in [5.41, 5.74) is 0. The van der Waals surface area contributed by atoms with Gasteiger partial charge in [0.25, 0.3) is 0 Å². The zero-order valence-corrected chi connectivity index (χ0v) is 11.9. The molecule has 4 nitrogen and oxygen atoms in total. The molecule has 5 heteroatoms. The molecule has 18 heavy (non-hydrogen) atoms. The quantitative estimate of drug-likeness (QED) is 0.736. The van der Waals surface area contributed by atoms with E-state index in [-0.39, 0.29) is 34.7 Å². The molecule has 2 saturated carbocycles. The smallest absolute Gasteiger partial charge is 0.308 e. The monoisotopic (exact) mass is 274 g/mol. The van der Waals surface area contributed by atoms with Crippen LogP contribution >= 0.6 is 0 Å². The number of esters is 1. The van der Waals surface area contributed by atoms with Crippen LogP contribution in [0.5, 0.6) is 0 Å². The van der Waals surface area contributed by atoms with Crippen molar-refractivity contribution >= 4 is 15.8 Å². The number of carbonyl (C=O) groups is 1. The number of methoxy groups -OCH3 is 1. The second-order valence-corrected chi connectivity index (χ2v) is 8.01. The van der Waals surface area contributed by atoms with Crippen LogP contribution in [0.25, 0.3) is 0 Å². The third-order valence-electron chi connectivity index (χ3n) is 4.61. The maximum Gasteiger partial charge on any atom is 0.308 e. The van der Waals surface area contributed by atoms with Crippen LogP contribution in [-0.2, 0) is 19.4 Å². The highest BCUT2D eigenvalue weighted by molar-refractivity contribution is 7.92. The van der Waals surface area contributed by atoms with Crippen LogP contribution in [0.3, 0.4) is 0 Å². The minimum atomic E-state index is -2.99. The van der Waals surface area contributed by atoms with E-state index in [1.54, 1.807) is 6.92 Å². The first-order chi connectivity index (χ1) is 8.49. The number of fused-ring (bicyclic) bond motifs is 2. The number of sulfone groups is 1. The molecule has 0 N–H and O–H groups in total. The van der Waals surface area contributed by atoms with Gasteiger partial charge in [0.15, 0.2) is 9.84 Å². The van der Waals surface area contributed by atoms with Crippen molar-refractivity contribution in [2.75, 3.05) is 12.9 Å². The fourth-order valence-electron chi connectivity index (χ4n) is 3.82. The van der Waals surface area contributed by atoms with Crippen LogP contribution in [0, 0.1) is 17.8 Å². The Kier molecular flexibility index (Phi) is 3.99. The highest BCUT2D eigenvalue weighted by Crippen LogP contribution is 2.46. The summed E-state index contributed by atoms with van der Waals surface area (Å²) in [6, 6.07) is 0. The van der Waals surface area contributed by atoms with Gasteiger partial charge in [0.1, 0.15) is 0 Å². The lowest BCUT2D eigenvalue weighted by atomic mass is 9.67. The number of hydrogen-bond donors (Lipinski definition) is 0. The van der Waals surface area contributed by atoms with E-state index >= 15 is 0 Å². The molecule has 2 fully saturated rings. The second kappa shape index (κ2) is 5.19. The first-order valence-electron chi connectivity index (χ1n) is 6.79. The van der Waals surface area contributed by atoms with Gasteiger partial charge < -0.3 is 4.74 Å². The lowest BCUT2D eigenvalue weighted by molar-refractivity contribution is -0.148. The molecule has 2 aliphatic carbocycles. The number of ether oxygens (including phenoxy) is 1. The number of carbonyl (C=O) groups excluding carboxylic acids is 1. The maximum atomic E-state index is 12.2. The van der Waals surface area contributed by atoms with E-state index in [9.17, 15) is 13.2 Å². The lowest BCUT2D eigenvalue weighted by Crippen LogP contribution is -2.47. The molecule has 0 aromatic heterocycles. The summed E-state index contributed by atoms with van der Waals surface area (Å²) in [5.74, 6) is 0.277. The lowest BCUT2D eigenvalue weighted by Gasteiger charge is -2.44. The third kappa shape index (κ3) is 2.42. The third-order valence-corrected chi connectivity index (χ3v) is 7.01. The van der Waals surface area contributed by atoms with Gasteiger partial charge in [-0.15, -0.1) is 0 Å². The zero-order valence-electron chi connectivity index (χ0n) is 11.1. The molecule has 0 saturated heterocycles. The van der Waals surface area contributed by atoms with E-state index in [2.05, 4.69) is 0 Å². The predicted molar refractivity (Wildman–Crippen MR) is 68.8 cm³/mol. The maximum absolute atomic E-state index is 12.2. The summed E-state index contributed by atoms with van der Waals surface area (Å²) < 4.78 is 29.2. The molecule has 0 aromatic carbocycles. The minimum Gasteiger partial charge on any atom is -0.469 e. The van der Waals surface area contributed by atoms with Gasteiger partial charge in [-0.05, 0) is 37.5 Å². The van der Waals surface area contributed by atoms with Crippen molar-refractivity contribution < 1.29 is 17.9 Å². The van der Waals surface area contributed by atoms with Gasteiger partial charge in [-0.2, -0.15) is 0 Å². The summed E-state index contributed by atoms with van der Waals surface area (Å²) in [6.45, 7) is 1.72. The van der Waals surface area contributed by atoms with E-state index < -0.39 is 9.84 Å². The molecule has 0 aliphatic heterocycles. The van der Waals surface area contributed by atoms with Crippen molar-refractivity contribution in [3.63, 3.8) is 0 Å². The van der Waals surface area contributed by atoms with Crippen molar-refractivity contribution in [3.05, 3.63) is 0 Å². The van der Waals surface area contributed by atoms with Gasteiger partial charge in [-0.1, -0.05) is 13.3 Å². The standard InChI is InChI=1S/C13H22O4S/c1-3-18(15,16)12-9-5-4-6-10(12)8-11(7-9)13(14)17-2/h9-12H,3-8H2,1-2H3. The fraction of sp³-hybridized carbons (Fsp3) is 0.923. The van der Waals surface area contributed by atoms with Gasteiger partial charge in [0.2, 0.25) is 0 Å². The van der Waals surface area contributed by atoms with Crippen LogP contribution in [0.2, 0.25) is 0 Å². The van der Waals surface area contributed by atoms with Gasteiger partial charge in [-0.3, -0.25) is 4.79 Å². The zero-order chi connectivity index (χ0) is 13.3. The summed E-state index contributed by atoms with van der Waals surface area (Å²) in [5, 5.41) is -0.211. The van der Waals surface area contributed by atoms with Crippen LogP contribution in [0.1, 0.15) is 39.0 Å². The fourth-order valence-corrected chi connectivity index (χ4v) is 5.88. The molecule has 0 radical (unpaired) electrons. The Labute approximate surface area is 109 Å². The molecule has 2 rings (SSSR count). The van der Waals surface area contributed by atoms with Gasteiger partial charge in [0, 0.05) is 5.75 Å². The van der Waals surface area contributed by atoms with Crippen LogP contribution < -0.4 is 0 Å². The molecule has 2 bridgehead atoms. The average Bonchev–Trinajstić information content (AvgIpc) is 2.36.